The van der Waals surface area contributed by atoms with Crippen molar-refractivity contribution < 1.29 is 15.0 Å². The monoisotopic (exact) mass is 209 g/mol. The second-order valence-corrected chi connectivity index (χ2v) is 2.14. The van der Waals surface area contributed by atoms with Gasteiger partial charge in [0.05, 0.1) is 6.26 Å². The van der Waals surface area contributed by atoms with Gasteiger partial charge in [0.15, 0.2) is 0 Å². The van der Waals surface area contributed by atoms with E-state index in [2.05, 4.69) is 13.2 Å². The minimum Gasteiger partial charge on any atom is -0.516 e. The number of anilines is 1. The molecule has 0 aliphatic carbocycles. The van der Waals surface area contributed by atoms with Crippen LogP contribution in [0.15, 0.2) is 55.8 Å². The molecule has 0 spiro atoms. The second-order valence-electron chi connectivity index (χ2n) is 2.14. The second kappa shape index (κ2) is 11.8. The minimum absolute atomic E-state index is 0.750. The lowest BCUT2D eigenvalue weighted by molar-refractivity contribution is -0.131. The fraction of sp³-hybridized carbons (Fsp3) is 0. The fourth-order valence-corrected chi connectivity index (χ4v) is 0.453. The third-order valence-electron chi connectivity index (χ3n) is 0.974. The number of rotatable bonds is 1. The first-order valence-corrected chi connectivity index (χ1v) is 3.99. The van der Waals surface area contributed by atoms with Crippen LogP contribution in [0.3, 0.4) is 0 Å². The highest BCUT2D eigenvalue weighted by Gasteiger charge is 1.73. The summed E-state index contributed by atoms with van der Waals surface area (Å²) in [5.41, 5.74) is 6.18. The van der Waals surface area contributed by atoms with Crippen LogP contribution in [0.25, 0.3) is 0 Å². The Balaban J connectivity index is 0. The van der Waals surface area contributed by atoms with Crippen LogP contribution in [0.1, 0.15) is 0 Å². The average Bonchev–Trinajstić information content (AvgIpc) is 2.21. The number of benzene rings is 1. The number of carbonyl (C=O) groups is 1. The van der Waals surface area contributed by atoms with Crippen LogP contribution in [0, 0.1) is 0 Å². The molecule has 4 N–H and O–H groups in total. The maximum atomic E-state index is 9.25. The maximum absolute atomic E-state index is 9.25. The van der Waals surface area contributed by atoms with Gasteiger partial charge in [-0.2, -0.15) is 0 Å². The van der Waals surface area contributed by atoms with Crippen molar-refractivity contribution in [1.82, 2.24) is 0 Å². The van der Waals surface area contributed by atoms with Crippen molar-refractivity contribution in [1.29, 1.82) is 0 Å². The Labute approximate surface area is 89.0 Å². The highest BCUT2D eigenvalue weighted by atomic mass is 16.4. The van der Waals surface area contributed by atoms with Gasteiger partial charge in [-0.3, -0.25) is 0 Å². The number of hydrogen-bond donors (Lipinski definition) is 3. The zero-order valence-corrected chi connectivity index (χ0v) is 8.34. The molecule has 0 aromatic heterocycles. The van der Waals surface area contributed by atoms with Crippen LogP contribution in [0.4, 0.5) is 5.69 Å². The van der Waals surface area contributed by atoms with E-state index in [1.165, 1.54) is 0 Å². The number of para-hydroxylation sites is 1. The van der Waals surface area contributed by atoms with Crippen molar-refractivity contribution in [2.75, 3.05) is 5.73 Å². The summed E-state index contributed by atoms with van der Waals surface area (Å²) >= 11 is 0. The Kier molecular flexibility index (Phi) is 12.0. The van der Waals surface area contributed by atoms with Gasteiger partial charge < -0.3 is 15.9 Å². The summed E-state index contributed by atoms with van der Waals surface area (Å²) < 4.78 is 0. The van der Waals surface area contributed by atoms with Crippen LogP contribution < -0.4 is 5.73 Å². The Bertz CT molecular complexity index is 283. The number of aliphatic carboxylic acids is 1. The molecule has 0 radical (unpaired) electrons. The number of aliphatic hydroxyl groups excluding tert-OH is 1. The Hall–Kier alpha value is -2.23. The lowest BCUT2D eigenvalue weighted by Crippen LogP contribution is -1.82. The van der Waals surface area contributed by atoms with Gasteiger partial charge in [-0.05, 0) is 12.1 Å². The zero-order chi connectivity index (χ0) is 12.1. The van der Waals surface area contributed by atoms with E-state index in [0.717, 1.165) is 18.0 Å². The molecule has 0 saturated carbocycles. The molecule has 15 heavy (non-hydrogen) atoms. The van der Waals surface area contributed by atoms with Crippen molar-refractivity contribution in [2.45, 2.75) is 0 Å². The zero-order valence-electron chi connectivity index (χ0n) is 8.34. The SMILES string of the molecule is C=CC(=O)O.C=CO.Nc1ccccc1. The first-order valence-electron chi connectivity index (χ1n) is 3.99. The van der Waals surface area contributed by atoms with E-state index in [9.17, 15) is 4.79 Å². The van der Waals surface area contributed by atoms with Gasteiger partial charge >= 0.3 is 5.97 Å². The molecule has 1 aromatic carbocycles. The Morgan fingerprint density at radius 3 is 1.73 bits per heavy atom. The molecule has 0 saturated heterocycles. The number of nitrogens with two attached hydrogens (primary N) is 1. The predicted octanol–water partition coefficient (Wildman–Crippen LogP) is 2.21. The van der Waals surface area contributed by atoms with Crippen LogP contribution in [0.5, 0.6) is 0 Å². The number of nitrogen functional groups attached to an aromatic ring is 1. The van der Waals surface area contributed by atoms with E-state index in [-0.39, 0.29) is 0 Å². The molecule has 4 heteroatoms. The van der Waals surface area contributed by atoms with Crippen molar-refractivity contribution in [3.05, 3.63) is 55.8 Å². The molecular weight excluding hydrogens is 194 g/mol. The topological polar surface area (TPSA) is 83.5 Å². The largest absolute Gasteiger partial charge is 0.516 e. The third-order valence-corrected chi connectivity index (χ3v) is 0.974. The molecule has 0 aliphatic heterocycles. The van der Waals surface area contributed by atoms with E-state index < -0.39 is 5.97 Å². The third kappa shape index (κ3) is 18.6. The summed E-state index contributed by atoms with van der Waals surface area (Å²) in [5.74, 6) is -0.981. The number of aliphatic hydroxyl groups is 1. The number of carboxylic acids is 1. The predicted molar refractivity (Wildman–Crippen MR) is 61.5 cm³/mol. The van der Waals surface area contributed by atoms with Crippen LogP contribution in [0.2, 0.25) is 0 Å². The van der Waals surface area contributed by atoms with E-state index >= 15 is 0 Å². The van der Waals surface area contributed by atoms with E-state index in [1.807, 2.05) is 30.3 Å². The summed E-state index contributed by atoms with van der Waals surface area (Å²) in [7, 11) is 0. The van der Waals surface area contributed by atoms with Gasteiger partial charge in [-0.25, -0.2) is 4.79 Å². The number of carboxylic acid groups (broad SMARTS) is 1. The fourth-order valence-electron chi connectivity index (χ4n) is 0.453. The van der Waals surface area contributed by atoms with E-state index in [1.54, 1.807) is 0 Å². The summed E-state index contributed by atoms with van der Waals surface area (Å²) in [6, 6.07) is 9.49. The van der Waals surface area contributed by atoms with Crippen molar-refractivity contribution >= 4 is 11.7 Å². The molecule has 0 bridgehead atoms. The molecule has 1 rings (SSSR count). The molecule has 1 aromatic rings. The van der Waals surface area contributed by atoms with Crippen molar-refractivity contribution in [3.8, 4) is 0 Å². The van der Waals surface area contributed by atoms with E-state index in [4.69, 9.17) is 15.9 Å². The van der Waals surface area contributed by atoms with Crippen LogP contribution in [-0.2, 0) is 4.79 Å². The van der Waals surface area contributed by atoms with Gasteiger partial charge in [-0.15, -0.1) is 0 Å². The lowest BCUT2D eigenvalue weighted by Gasteiger charge is -1.83. The van der Waals surface area contributed by atoms with Crippen molar-refractivity contribution in [3.63, 3.8) is 0 Å². The standard InChI is InChI=1S/C6H7N.C3H4O2.C2H4O/c7-6-4-2-1-3-5-6;1-2-3(4)5;1-2-3/h1-5H,7H2;2H,1H2,(H,4,5);2-3H,1H2. The van der Waals surface area contributed by atoms with Gasteiger partial charge in [0.1, 0.15) is 0 Å². The summed E-state index contributed by atoms with van der Waals surface area (Å²) in [4.78, 5) is 9.25. The molecule has 4 nitrogen and oxygen atoms in total. The normalized spacial score (nSPS) is 6.93. The summed E-state index contributed by atoms with van der Waals surface area (Å²) in [6.07, 6.45) is 1.58. The van der Waals surface area contributed by atoms with Gasteiger partial charge in [-0.1, -0.05) is 31.4 Å². The van der Waals surface area contributed by atoms with Gasteiger partial charge in [0.2, 0.25) is 0 Å². The molecule has 0 fully saturated rings. The maximum Gasteiger partial charge on any atom is 0.327 e. The first-order chi connectivity index (χ1) is 7.08. The molecule has 0 amide bonds. The lowest BCUT2D eigenvalue weighted by atomic mass is 10.3. The molecule has 0 heterocycles. The smallest absolute Gasteiger partial charge is 0.327 e. The molecular formula is C11H15NO3. The highest BCUT2D eigenvalue weighted by Crippen LogP contribution is 1.95. The molecule has 0 unspecified atom stereocenters. The summed E-state index contributed by atoms with van der Waals surface area (Å²) in [5, 5.41) is 14.9. The molecule has 82 valence electrons. The highest BCUT2D eigenvalue weighted by molar-refractivity contribution is 5.78. The molecule has 0 atom stereocenters. The minimum atomic E-state index is -0.981. The van der Waals surface area contributed by atoms with Crippen molar-refractivity contribution in [2.24, 2.45) is 0 Å². The first kappa shape index (κ1) is 15.3. The average molecular weight is 209 g/mol. The van der Waals surface area contributed by atoms with Gasteiger partial charge in [0.25, 0.3) is 0 Å². The Morgan fingerprint density at radius 2 is 1.60 bits per heavy atom. The van der Waals surface area contributed by atoms with Crippen LogP contribution in [-0.4, -0.2) is 16.2 Å². The quantitative estimate of drug-likeness (QED) is 0.376. The van der Waals surface area contributed by atoms with Crippen LogP contribution >= 0.6 is 0 Å². The van der Waals surface area contributed by atoms with Gasteiger partial charge in [0, 0.05) is 11.8 Å². The van der Waals surface area contributed by atoms with E-state index in [0.29, 0.717) is 0 Å². The number of hydrogen-bond acceptors (Lipinski definition) is 3. The summed E-state index contributed by atoms with van der Waals surface area (Å²) in [6.45, 7) is 5.88. The molecule has 0 aliphatic rings. The Morgan fingerprint density at radius 1 is 1.27 bits per heavy atom.